The third kappa shape index (κ3) is 6.27. The molecule has 0 saturated heterocycles. The molecule has 1 atom stereocenters. The van der Waals surface area contributed by atoms with E-state index in [4.69, 9.17) is 4.74 Å². The van der Waals surface area contributed by atoms with Crippen molar-refractivity contribution in [1.29, 1.82) is 0 Å². The minimum atomic E-state index is -0.821. The quantitative estimate of drug-likeness (QED) is 0.553. The van der Waals surface area contributed by atoms with E-state index in [2.05, 4.69) is 10.6 Å². The van der Waals surface area contributed by atoms with Crippen molar-refractivity contribution < 1.29 is 23.9 Å². The van der Waals surface area contributed by atoms with E-state index >= 15 is 0 Å². The molecule has 3 amide bonds. The Labute approximate surface area is 169 Å². The van der Waals surface area contributed by atoms with E-state index in [0.717, 1.165) is 5.56 Å². The third-order valence-electron chi connectivity index (χ3n) is 4.28. The first-order chi connectivity index (χ1) is 13.8. The van der Waals surface area contributed by atoms with Crippen molar-refractivity contribution in [1.82, 2.24) is 10.6 Å². The van der Waals surface area contributed by atoms with Crippen LogP contribution in [0.2, 0.25) is 0 Å². The van der Waals surface area contributed by atoms with Gasteiger partial charge in [0, 0.05) is 17.2 Å². The maximum atomic E-state index is 12.8. The fourth-order valence-corrected chi connectivity index (χ4v) is 2.45. The summed E-state index contributed by atoms with van der Waals surface area (Å²) >= 11 is 0. The van der Waals surface area contributed by atoms with Crippen molar-refractivity contribution in [3.05, 3.63) is 70.8 Å². The maximum Gasteiger partial charge on any atom is 0.339 e. The second kappa shape index (κ2) is 10.2. The van der Waals surface area contributed by atoms with Crippen LogP contribution in [0.5, 0.6) is 0 Å². The number of amides is 3. The number of imide groups is 1. The summed E-state index contributed by atoms with van der Waals surface area (Å²) in [5, 5.41) is 4.66. The molecule has 152 valence electrons. The van der Waals surface area contributed by atoms with E-state index in [1.54, 1.807) is 31.2 Å². The van der Waals surface area contributed by atoms with Crippen molar-refractivity contribution in [3.63, 3.8) is 0 Å². The molecule has 0 saturated carbocycles. The molecular formula is C22H24N2O5. The van der Waals surface area contributed by atoms with Gasteiger partial charge in [0.15, 0.2) is 12.4 Å². The molecule has 2 aromatic carbocycles. The number of hydrogen-bond acceptors (Lipinski definition) is 5. The van der Waals surface area contributed by atoms with E-state index in [-0.39, 0.29) is 23.0 Å². The number of carbonyl (C=O) groups is 4. The van der Waals surface area contributed by atoms with Crippen LogP contribution in [-0.4, -0.2) is 36.3 Å². The van der Waals surface area contributed by atoms with Crippen molar-refractivity contribution in [2.75, 3.05) is 6.61 Å². The molecule has 0 spiro atoms. The Morgan fingerprint density at radius 2 is 1.59 bits per heavy atom. The summed E-state index contributed by atoms with van der Waals surface area (Å²) in [6.07, 6.45) is 0.711. The first kappa shape index (κ1) is 21.8. The van der Waals surface area contributed by atoms with Crippen LogP contribution in [0.25, 0.3) is 0 Å². The number of ether oxygens (including phenoxy) is 1. The Morgan fingerprint density at radius 3 is 2.21 bits per heavy atom. The average molecular weight is 396 g/mol. The topological polar surface area (TPSA) is 102 Å². The highest BCUT2D eigenvalue weighted by atomic mass is 16.5. The number of rotatable bonds is 7. The van der Waals surface area contributed by atoms with E-state index < -0.39 is 24.5 Å². The molecule has 0 aliphatic rings. The van der Waals surface area contributed by atoms with E-state index in [1.807, 2.05) is 26.0 Å². The van der Waals surface area contributed by atoms with Gasteiger partial charge in [-0.3, -0.25) is 14.9 Å². The molecule has 0 bridgehead atoms. The summed E-state index contributed by atoms with van der Waals surface area (Å²) in [5.74, 6) is -1.91. The number of hydrogen-bond donors (Lipinski definition) is 2. The van der Waals surface area contributed by atoms with Gasteiger partial charge in [0.2, 0.25) is 0 Å². The zero-order valence-corrected chi connectivity index (χ0v) is 16.7. The van der Waals surface area contributed by atoms with E-state index in [0.29, 0.717) is 12.0 Å². The van der Waals surface area contributed by atoms with Crippen molar-refractivity contribution in [2.24, 2.45) is 0 Å². The monoisotopic (exact) mass is 396 g/mol. The SMILES string of the molecule is CC[C@@H](C)NC(=O)NC(=O)COC(=O)c1ccccc1C(=O)c1ccc(C)cc1. The number of benzene rings is 2. The van der Waals surface area contributed by atoms with Crippen LogP contribution in [0.1, 0.15) is 52.1 Å². The molecule has 0 aromatic heterocycles. The Morgan fingerprint density at radius 1 is 0.966 bits per heavy atom. The fourth-order valence-electron chi connectivity index (χ4n) is 2.45. The summed E-state index contributed by atoms with van der Waals surface area (Å²) < 4.78 is 4.98. The Bertz CT molecular complexity index is 906. The Balaban J connectivity index is 2.03. The van der Waals surface area contributed by atoms with Crippen molar-refractivity contribution >= 4 is 23.7 Å². The van der Waals surface area contributed by atoms with E-state index in [9.17, 15) is 19.2 Å². The highest BCUT2D eigenvalue weighted by molar-refractivity contribution is 6.14. The largest absolute Gasteiger partial charge is 0.452 e. The highest BCUT2D eigenvalue weighted by Gasteiger charge is 2.20. The van der Waals surface area contributed by atoms with Crippen LogP contribution in [0.3, 0.4) is 0 Å². The molecular weight excluding hydrogens is 372 g/mol. The molecule has 2 rings (SSSR count). The van der Waals surface area contributed by atoms with Crippen LogP contribution in [0, 0.1) is 6.92 Å². The predicted molar refractivity (Wildman–Crippen MR) is 108 cm³/mol. The zero-order valence-electron chi connectivity index (χ0n) is 16.7. The number of ketones is 1. The number of carbonyl (C=O) groups excluding carboxylic acids is 4. The van der Waals surface area contributed by atoms with Crippen molar-refractivity contribution in [2.45, 2.75) is 33.2 Å². The van der Waals surface area contributed by atoms with Gasteiger partial charge in [-0.15, -0.1) is 0 Å². The minimum absolute atomic E-state index is 0.0509. The first-order valence-electron chi connectivity index (χ1n) is 9.29. The van der Waals surface area contributed by atoms with Gasteiger partial charge in [0.05, 0.1) is 5.56 Å². The molecule has 0 radical (unpaired) electrons. The van der Waals surface area contributed by atoms with Gasteiger partial charge in [-0.1, -0.05) is 55.0 Å². The van der Waals surface area contributed by atoms with Gasteiger partial charge in [0.25, 0.3) is 5.91 Å². The lowest BCUT2D eigenvalue weighted by atomic mass is 9.98. The Hall–Kier alpha value is -3.48. The fraction of sp³-hybridized carbons (Fsp3) is 0.273. The number of urea groups is 1. The highest BCUT2D eigenvalue weighted by Crippen LogP contribution is 2.16. The summed E-state index contributed by atoms with van der Waals surface area (Å²) in [6, 6.07) is 12.5. The molecule has 2 N–H and O–H groups in total. The summed E-state index contributed by atoms with van der Waals surface area (Å²) in [4.78, 5) is 48.6. The van der Waals surface area contributed by atoms with Crippen LogP contribution in [0.15, 0.2) is 48.5 Å². The standard InChI is InChI=1S/C22H24N2O5/c1-4-15(3)23-22(28)24-19(25)13-29-21(27)18-8-6-5-7-17(18)20(26)16-11-9-14(2)10-12-16/h5-12,15H,4,13H2,1-3H3,(H2,23,24,25,28)/t15-/m1/s1. The predicted octanol–water partition coefficient (Wildman–Crippen LogP) is 3.01. The van der Waals surface area contributed by atoms with E-state index in [1.165, 1.54) is 12.1 Å². The van der Waals surface area contributed by atoms with Crippen molar-refractivity contribution in [3.8, 4) is 0 Å². The summed E-state index contributed by atoms with van der Waals surface area (Å²) in [6.45, 7) is 4.96. The van der Waals surface area contributed by atoms with Gasteiger partial charge >= 0.3 is 12.0 Å². The van der Waals surface area contributed by atoms with Gasteiger partial charge in [-0.25, -0.2) is 9.59 Å². The average Bonchev–Trinajstić information content (AvgIpc) is 2.71. The molecule has 0 aliphatic heterocycles. The van der Waals surface area contributed by atoms with Crippen LogP contribution in [-0.2, 0) is 9.53 Å². The third-order valence-corrected chi connectivity index (χ3v) is 4.28. The maximum absolute atomic E-state index is 12.8. The van der Waals surface area contributed by atoms with Gasteiger partial charge < -0.3 is 10.1 Å². The molecule has 0 unspecified atom stereocenters. The second-order valence-corrected chi connectivity index (χ2v) is 6.65. The Kier molecular flexibility index (Phi) is 7.65. The molecule has 29 heavy (non-hydrogen) atoms. The lowest BCUT2D eigenvalue weighted by Gasteiger charge is -2.12. The first-order valence-corrected chi connectivity index (χ1v) is 9.29. The molecule has 0 heterocycles. The van der Waals surface area contributed by atoms with Gasteiger partial charge in [-0.2, -0.15) is 0 Å². The van der Waals surface area contributed by atoms with Gasteiger partial charge in [-0.05, 0) is 26.3 Å². The molecule has 0 aliphatic carbocycles. The minimum Gasteiger partial charge on any atom is -0.452 e. The van der Waals surface area contributed by atoms with Gasteiger partial charge in [0.1, 0.15) is 0 Å². The number of nitrogens with one attached hydrogen (secondary N) is 2. The smallest absolute Gasteiger partial charge is 0.339 e. The molecule has 0 fully saturated rings. The second-order valence-electron chi connectivity index (χ2n) is 6.65. The van der Waals surface area contributed by atoms with Crippen LogP contribution in [0.4, 0.5) is 4.79 Å². The zero-order chi connectivity index (χ0) is 21.4. The summed E-state index contributed by atoms with van der Waals surface area (Å²) in [7, 11) is 0. The number of esters is 1. The lowest BCUT2D eigenvalue weighted by Crippen LogP contribution is -2.44. The molecule has 2 aromatic rings. The summed E-state index contributed by atoms with van der Waals surface area (Å²) in [5.41, 5.74) is 1.68. The van der Waals surface area contributed by atoms with Crippen LogP contribution >= 0.6 is 0 Å². The normalized spacial score (nSPS) is 11.3. The molecule has 7 nitrogen and oxygen atoms in total. The lowest BCUT2D eigenvalue weighted by molar-refractivity contribution is -0.123. The number of aryl methyl sites for hydroxylation is 1. The van der Waals surface area contributed by atoms with Crippen LogP contribution < -0.4 is 10.6 Å². The molecule has 7 heteroatoms.